The fourth-order valence-electron chi connectivity index (χ4n) is 3.71. The highest BCUT2D eigenvalue weighted by atomic mass is 31.2. The Bertz CT molecular complexity index is 1040. The van der Waals surface area contributed by atoms with Gasteiger partial charge in [-0.25, -0.2) is 13.9 Å². The molecule has 1 saturated heterocycles. The molecule has 3 rings (SSSR count). The largest absolute Gasteiger partial charge is 0.469 e. The number of alkyl halides is 1. The second kappa shape index (κ2) is 16.2. The summed E-state index contributed by atoms with van der Waals surface area (Å²) in [7, 11) is -4.80. The van der Waals surface area contributed by atoms with Gasteiger partial charge in [0, 0.05) is 0 Å². The van der Waals surface area contributed by atoms with Crippen LogP contribution in [0.2, 0.25) is 0 Å². The van der Waals surface area contributed by atoms with E-state index in [1.807, 2.05) is 0 Å². The van der Waals surface area contributed by atoms with Gasteiger partial charge in [-0.15, -0.1) is 0 Å². The molecule has 2 aromatic rings. The minimum absolute atomic E-state index is 0.0624. The van der Waals surface area contributed by atoms with Gasteiger partial charge in [0.15, 0.2) is 23.6 Å². The summed E-state index contributed by atoms with van der Waals surface area (Å²) in [6.07, 6.45) is -5.37. The van der Waals surface area contributed by atoms with Crippen molar-refractivity contribution in [3.63, 3.8) is 0 Å². The molecule has 1 fully saturated rings. The average Bonchev–Trinajstić information content (AvgIpc) is 3.41. The van der Waals surface area contributed by atoms with Crippen LogP contribution >= 0.6 is 7.82 Å². The number of rotatable bonds is 10. The zero-order valence-electron chi connectivity index (χ0n) is 22.9. The molecule has 0 aromatic carbocycles. The topological polar surface area (TPSA) is 192 Å². The van der Waals surface area contributed by atoms with Gasteiger partial charge < -0.3 is 35.2 Å². The number of aliphatic hydroxyl groups is 1. The average molecular weight is 568 g/mol. The maximum atomic E-state index is 14.3. The standard InChI is InChI=1S/C10H13FN5O7P.2C6H15N/c11-4-6(17)3(1-22-24(19,20)21)23-9(4)16-2-13-5-7(16)14-10(12)15-8(5)18;2*1-4-7(5-2)6-3/h2-4,6,9,17H,1H2,(H2,19,20,21)(H3,12,14,15,18);2*4-6H2,1-3H3/t3-,4+,6?,9-;;/m1../s1. The number of fused-ring (bicyclic) bond motifs is 1. The molecule has 1 aliphatic rings. The number of anilines is 1. The maximum absolute atomic E-state index is 14.3. The minimum Gasteiger partial charge on any atom is -0.387 e. The minimum atomic E-state index is -4.80. The van der Waals surface area contributed by atoms with Crippen molar-refractivity contribution < 1.29 is 33.1 Å². The van der Waals surface area contributed by atoms with Crippen LogP contribution in [0.4, 0.5) is 10.3 Å². The van der Waals surface area contributed by atoms with E-state index < -0.39 is 44.6 Å². The van der Waals surface area contributed by atoms with Crippen molar-refractivity contribution in [2.75, 3.05) is 51.6 Å². The smallest absolute Gasteiger partial charge is 0.387 e. The van der Waals surface area contributed by atoms with E-state index in [1.54, 1.807) is 0 Å². The van der Waals surface area contributed by atoms with Crippen LogP contribution in [0.25, 0.3) is 11.2 Å². The van der Waals surface area contributed by atoms with Crippen LogP contribution in [0.5, 0.6) is 0 Å². The van der Waals surface area contributed by atoms with Gasteiger partial charge in [0.1, 0.15) is 12.2 Å². The molecule has 6 N–H and O–H groups in total. The lowest BCUT2D eigenvalue weighted by molar-refractivity contribution is -0.0451. The SMILES string of the molecule is CCN(CC)CC.CCN(CC)CC.Nc1nc2c(ncn2[C@@H]2O[C@H](COP(=O)(O)O)C(O)[C@@H]2F)c(=O)[nH]1. The highest BCUT2D eigenvalue weighted by Gasteiger charge is 2.46. The molecule has 0 radical (unpaired) electrons. The molecule has 16 heteroatoms. The van der Waals surface area contributed by atoms with Crippen molar-refractivity contribution >= 4 is 24.9 Å². The number of phosphoric acid groups is 1. The van der Waals surface area contributed by atoms with Crippen molar-refractivity contribution in [3.8, 4) is 0 Å². The molecule has 220 valence electrons. The number of H-pyrrole nitrogens is 1. The Morgan fingerprint density at radius 3 is 2.03 bits per heavy atom. The number of aromatic amines is 1. The summed E-state index contributed by atoms with van der Waals surface area (Å²) in [5.41, 5.74) is 4.64. The summed E-state index contributed by atoms with van der Waals surface area (Å²) < 4.78 is 35.6. The highest BCUT2D eigenvalue weighted by Crippen LogP contribution is 2.39. The number of phosphoric ester groups is 1. The lowest BCUT2D eigenvalue weighted by Crippen LogP contribution is -2.31. The molecule has 4 atom stereocenters. The quantitative estimate of drug-likeness (QED) is 0.257. The van der Waals surface area contributed by atoms with Crippen molar-refractivity contribution in [1.82, 2.24) is 29.3 Å². The van der Waals surface area contributed by atoms with Crippen LogP contribution in [0, 0.1) is 0 Å². The van der Waals surface area contributed by atoms with Gasteiger partial charge >= 0.3 is 7.82 Å². The van der Waals surface area contributed by atoms with Gasteiger partial charge in [-0.3, -0.25) is 18.9 Å². The second-order valence-corrected chi connectivity index (χ2v) is 9.54. The van der Waals surface area contributed by atoms with Gasteiger partial charge in [0.2, 0.25) is 5.95 Å². The van der Waals surface area contributed by atoms with Crippen molar-refractivity contribution in [2.45, 2.75) is 66.1 Å². The maximum Gasteiger partial charge on any atom is 0.469 e. The normalized spacial score (nSPS) is 21.4. The summed E-state index contributed by atoms with van der Waals surface area (Å²) >= 11 is 0. The van der Waals surface area contributed by atoms with Gasteiger partial charge in [0.05, 0.1) is 12.9 Å². The number of nitrogen functional groups attached to an aromatic ring is 1. The van der Waals surface area contributed by atoms with Crippen LogP contribution in [-0.4, -0.2) is 108 Å². The molecular formula is C22H43FN7O7P. The Balaban J connectivity index is 0.000000426. The van der Waals surface area contributed by atoms with Crippen LogP contribution in [0.3, 0.4) is 0 Å². The third kappa shape index (κ3) is 9.97. The number of nitrogens with two attached hydrogens (primary N) is 1. The Labute approximate surface area is 222 Å². The molecule has 1 unspecified atom stereocenters. The first-order valence-electron chi connectivity index (χ1n) is 12.7. The van der Waals surface area contributed by atoms with Crippen molar-refractivity contribution in [1.29, 1.82) is 0 Å². The van der Waals surface area contributed by atoms with Crippen LogP contribution in [-0.2, 0) is 13.8 Å². The van der Waals surface area contributed by atoms with Crippen LogP contribution in [0.1, 0.15) is 47.8 Å². The Hall–Kier alpha value is -1.97. The molecule has 0 spiro atoms. The van der Waals surface area contributed by atoms with E-state index in [0.29, 0.717) is 0 Å². The molecule has 3 heterocycles. The second-order valence-electron chi connectivity index (χ2n) is 8.30. The number of aromatic nitrogens is 4. The number of nitrogens with zero attached hydrogens (tertiary/aromatic N) is 5. The molecule has 0 amide bonds. The summed E-state index contributed by atoms with van der Waals surface area (Å²) in [5, 5.41) is 9.83. The third-order valence-corrected chi connectivity index (χ3v) is 6.59. The molecule has 0 saturated carbocycles. The molecule has 38 heavy (non-hydrogen) atoms. The number of nitrogens with one attached hydrogen (secondary N) is 1. The van der Waals surface area contributed by atoms with E-state index in [2.05, 4.69) is 70.8 Å². The van der Waals surface area contributed by atoms with Crippen molar-refractivity contribution in [3.05, 3.63) is 16.7 Å². The van der Waals surface area contributed by atoms with Crippen molar-refractivity contribution in [2.24, 2.45) is 0 Å². The summed E-state index contributed by atoms with van der Waals surface area (Å²) in [4.78, 5) is 43.7. The van der Waals surface area contributed by atoms with Gasteiger partial charge in [-0.1, -0.05) is 41.5 Å². The first kappa shape index (κ1) is 34.1. The first-order valence-corrected chi connectivity index (χ1v) is 14.2. The molecule has 0 bridgehead atoms. The van der Waals surface area contributed by atoms with E-state index in [-0.39, 0.29) is 17.1 Å². The van der Waals surface area contributed by atoms with E-state index in [0.717, 1.165) is 10.9 Å². The number of hydrogen-bond donors (Lipinski definition) is 5. The molecule has 2 aromatic heterocycles. The summed E-state index contributed by atoms with van der Waals surface area (Å²) in [6.45, 7) is 19.5. The highest BCUT2D eigenvalue weighted by molar-refractivity contribution is 7.46. The molecule has 0 aliphatic carbocycles. The summed E-state index contributed by atoms with van der Waals surface area (Å²) in [6, 6.07) is 0. The fraction of sp³-hybridized carbons (Fsp3) is 0.773. The predicted octanol–water partition coefficient (Wildman–Crippen LogP) is 1.10. The summed E-state index contributed by atoms with van der Waals surface area (Å²) in [5.74, 6) is -0.218. The lowest BCUT2D eigenvalue weighted by Gasteiger charge is -2.15. The van der Waals surface area contributed by atoms with Crippen LogP contribution < -0.4 is 11.3 Å². The van der Waals surface area contributed by atoms with Gasteiger partial charge in [-0.2, -0.15) is 4.98 Å². The van der Waals surface area contributed by atoms with E-state index in [1.165, 1.54) is 39.3 Å². The van der Waals surface area contributed by atoms with E-state index in [9.17, 15) is 18.9 Å². The Kier molecular flexibility index (Phi) is 14.5. The lowest BCUT2D eigenvalue weighted by atomic mass is 10.1. The van der Waals surface area contributed by atoms with Crippen LogP contribution in [0.15, 0.2) is 11.1 Å². The Morgan fingerprint density at radius 1 is 1.11 bits per heavy atom. The van der Waals surface area contributed by atoms with E-state index in [4.69, 9.17) is 20.3 Å². The monoisotopic (exact) mass is 567 g/mol. The van der Waals surface area contributed by atoms with Gasteiger partial charge in [-0.05, 0) is 39.3 Å². The van der Waals surface area contributed by atoms with Gasteiger partial charge in [0.25, 0.3) is 5.56 Å². The number of hydrogen-bond acceptors (Lipinski definition) is 10. The zero-order valence-corrected chi connectivity index (χ0v) is 23.8. The predicted molar refractivity (Wildman–Crippen MR) is 142 cm³/mol. The van der Waals surface area contributed by atoms with E-state index >= 15 is 0 Å². The Morgan fingerprint density at radius 2 is 1.61 bits per heavy atom. The molecule has 14 nitrogen and oxygen atoms in total. The first-order chi connectivity index (χ1) is 17.9. The zero-order chi connectivity index (χ0) is 29.0. The number of ether oxygens (including phenoxy) is 1. The third-order valence-electron chi connectivity index (χ3n) is 6.11. The molecular weight excluding hydrogens is 524 g/mol. The fourth-order valence-corrected chi connectivity index (χ4v) is 4.05. The number of imidazole rings is 1. The number of halogens is 1. The molecule has 1 aliphatic heterocycles. The number of aliphatic hydroxyl groups excluding tert-OH is 1.